The molecule has 0 aliphatic heterocycles. The van der Waals surface area contributed by atoms with Gasteiger partial charge in [-0.1, -0.05) is 25.6 Å². The van der Waals surface area contributed by atoms with Gasteiger partial charge in [0, 0.05) is 17.9 Å². The van der Waals surface area contributed by atoms with Gasteiger partial charge >= 0.3 is 0 Å². The van der Waals surface area contributed by atoms with Crippen LogP contribution in [0.25, 0.3) is 0 Å². The lowest BCUT2D eigenvalue weighted by atomic mass is 10.0. The van der Waals surface area contributed by atoms with Crippen molar-refractivity contribution < 1.29 is 5.11 Å². The predicted molar refractivity (Wildman–Crippen MR) is 70.9 cm³/mol. The van der Waals surface area contributed by atoms with Crippen LogP contribution < -0.4 is 5.73 Å². The molecule has 2 atom stereocenters. The lowest BCUT2D eigenvalue weighted by Gasteiger charge is -2.22. The van der Waals surface area contributed by atoms with Crippen molar-refractivity contribution in [3.05, 3.63) is 18.0 Å². The van der Waals surface area contributed by atoms with E-state index >= 15 is 0 Å². The van der Waals surface area contributed by atoms with Crippen LogP contribution in [-0.4, -0.2) is 33.0 Å². The van der Waals surface area contributed by atoms with Gasteiger partial charge in [0.1, 0.15) is 0 Å². The number of thioether (sulfide) groups is 1. The number of aromatic nitrogens is 2. The number of nitrogens with two attached hydrogens (primary N) is 1. The number of nitrogens with zero attached hydrogens (tertiary/aromatic N) is 2. The van der Waals surface area contributed by atoms with Crippen LogP contribution in [-0.2, 0) is 0 Å². The minimum atomic E-state index is -0.0424. The van der Waals surface area contributed by atoms with Crippen LogP contribution in [0, 0.1) is 12.8 Å². The molecular formula is C12H21N3OS. The first-order valence-electron chi connectivity index (χ1n) is 5.85. The molecule has 1 rings (SSSR count). The monoisotopic (exact) mass is 255 g/mol. The van der Waals surface area contributed by atoms with Crippen LogP contribution in [0.15, 0.2) is 17.4 Å². The quantitative estimate of drug-likeness (QED) is 0.597. The van der Waals surface area contributed by atoms with E-state index in [-0.39, 0.29) is 17.9 Å². The lowest BCUT2D eigenvalue weighted by Crippen LogP contribution is -2.36. The number of rotatable bonds is 6. The van der Waals surface area contributed by atoms with Gasteiger partial charge in [0.05, 0.1) is 11.9 Å². The normalized spacial score (nSPS) is 14.9. The Balaban J connectivity index is 2.63. The average Bonchev–Trinajstić information content (AvgIpc) is 2.24. The second-order valence-corrected chi connectivity index (χ2v) is 5.82. The molecule has 0 spiro atoms. The summed E-state index contributed by atoms with van der Waals surface area (Å²) in [6, 6.07) is 1.82. The molecule has 5 heteroatoms. The molecule has 0 aliphatic rings. The molecule has 96 valence electrons. The zero-order chi connectivity index (χ0) is 12.8. The van der Waals surface area contributed by atoms with Crippen LogP contribution in [0.4, 0.5) is 0 Å². The molecule has 0 amide bonds. The first-order valence-corrected chi connectivity index (χ1v) is 6.73. The van der Waals surface area contributed by atoms with Gasteiger partial charge in [-0.05, 0) is 25.3 Å². The average molecular weight is 255 g/mol. The fourth-order valence-corrected chi connectivity index (χ4v) is 2.52. The van der Waals surface area contributed by atoms with Crippen molar-refractivity contribution >= 4 is 11.8 Å². The molecular weight excluding hydrogens is 234 g/mol. The van der Waals surface area contributed by atoms with E-state index in [2.05, 4.69) is 23.8 Å². The molecule has 0 fully saturated rings. The standard InChI is InChI=1S/C12H21N3OS/c1-8(2)6-10(13)11(7-16)17-12-14-5-4-9(3)15-12/h4-5,8,10-11,16H,6-7,13H2,1-3H3. The Morgan fingerprint density at radius 1 is 1.47 bits per heavy atom. The van der Waals surface area contributed by atoms with Gasteiger partial charge in [-0.2, -0.15) is 0 Å². The topological polar surface area (TPSA) is 72.0 Å². The van der Waals surface area contributed by atoms with E-state index in [9.17, 15) is 5.11 Å². The highest BCUT2D eigenvalue weighted by Crippen LogP contribution is 2.23. The Kier molecular flexibility index (Phi) is 5.88. The third-order valence-electron chi connectivity index (χ3n) is 2.43. The molecule has 0 saturated carbocycles. The zero-order valence-corrected chi connectivity index (χ0v) is 11.4. The first kappa shape index (κ1) is 14.4. The zero-order valence-electron chi connectivity index (χ0n) is 10.6. The van der Waals surface area contributed by atoms with Crippen molar-refractivity contribution in [1.82, 2.24) is 9.97 Å². The molecule has 1 aromatic rings. The van der Waals surface area contributed by atoms with Gasteiger partial charge in [-0.15, -0.1) is 0 Å². The summed E-state index contributed by atoms with van der Waals surface area (Å²) < 4.78 is 0. The van der Waals surface area contributed by atoms with Crippen LogP contribution in [0.3, 0.4) is 0 Å². The van der Waals surface area contributed by atoms with Crippen molar-refractivity contribution in [2.75, 3.05) is 6.61 Å². The van der Waals surface area contributed by atoms with E-state index in [0.717, 1.165) is 12.1 Å². The predicted octanol–water partition coefficient (Wildman–Crippen LogP) is 1.61. The lowest BCUT2D eigenvalue weighted by molar-refractivity contribution is 0.274. The Labute approximate surface area is 107 Å². The van der Waals surface area contributed by atoms with Gasteiger partial charge in [0.2, 0.25) is 0 Å². The molecule has 4 nitrogen and oxygen atoms in total. The minimum absolute atomic E-state index is 0.0332. The largest absolute Gasteiger partial charge is 0.395 e. The summed E-state index contributed by atoms with van der Waals surface area (Å²) in [7, 11) is 0. The summed E-state index contributed by atoms with van der Waals surface area (Å²) in [5.41, 5.74) is 7.01. The SMILES string of the molecule is Cc1ccnc(SC(CO)C(N)CC(C)C)n1. The summed E-state index contributed by atoms with van der Waals surface area (Å²) >= 11 is 1.46. The second-order valence-electron chi connectivity index (χ2n) is 4.61. The van der Waals surface area contributed by atoms with E-state index < -0.39 is 0 Å². The summed E-state index contributed by atoms with van der Waals surface area (Å²) in [6.45, 7) is 6.23. The van der Waals surface area contributed by atoms with E-state index in [1.54, 1.807) is 6.20 Å². The summed E-state index contributed by atoms with van der Waals surface area (Å²) in [6.07, 6.45) is 2.62. The minimum Gasteiger partial charge on any atom is -0.395 e. The number of aliphatic hydroxyl groups is 1. The van der Waals surface area contributed by atoms with Crippen molar-refractivity contribution in [2.24, 2.45) is 11.7 Å². The fraction of sp³-hybridized carbons (Fsp3) is 0.667. The Bertz CT molecular complexity index is 346. The second kappa shape index (κ2) is 6.93. The first-order chi connectivity index (χ1) is 8.02. The summed E-state index contributed by atoms with van der Waals surface area (Å²) in [5, 5.41) is 10.0. The van der Waals surface area contributed by atoms with E-state index in [1.165, 1.54) is 11.8 Å². The van der Waals surface area contributed by atoms with Crippen LogP contribution >= 0.6 is 11.8 Å². The molecule has 0 radical (unpaired) electrons. The maximum Gasteiger partial charge on any atom is 0.188 e. The van der Waals surface area contributed by atoms with Crippen molar-refractivity contribution in [3.8, 4) is 0 Å². The Morgan fingerprint density at radius 3 is 2.71 bits per heavy atom. The highest BCUT2D eigenvalue weighted by molar-refractivity contribution is 7.99. The Morgan fingerprint density at radius 2 is 2.18 bits per heavy atom. The highest BCUT2D eigenvalue weighted by Gasteiger charge is 2.20. The fourth-order valence-electron chi connectivity index (χ4n) is 1.57. The van der Waals surface area contributed by atoms with Gasteiger partial charge in [-0.25, -0.2) is 9.97 Å². The maximum atomic E-state index is 9.38. The van der Waals surface area contributed by atoms with E-state index in [0.29, 0.717) is 11.1 Å². The highest BCUT2D eigenvalue weighted by atomic mass is 32.2. The summed E-state index contributed by atoms with van der Waals surface area (Å²) in [4.78, 5) is 8.48. The van der Waals surface area contributed by atoms with E-state index in [4.69, 9.17) is 5.73 Å². The third-order valence-corrected chi connectivity index (χ3v) is 3.64. The molecule has 0 aliphatic carbocycles. The molecule has 17 heavy (non-hydrogen) atoms. The Hall–Kier alpha value is -0.650. The van der Waals surface area contributed by atoms with Gasteiger partial charge in [0.25, 0.3) is 0 Å². The number of hydrogen-bond donors (Lipinski definition) is 2. The molecule has 0 aromatic carbocycles. The van der Waals surface area contributed by atoms with Crippen LogP contribution in [0.1, 0.15) is 26.0 Å². The number of aryl methyl sites for hydroxylation is 1. The molecule has 1 heterocycles. The summed E-state index contributed by atoms with van der Waals surface area (Å²) in [5.74, 6) is 0.526. The molecule has 1 aromatic heterocycles. The van der Waals surface area contributed by atoms with Crippen molar-refractivity contribution in [1.29, 1.82) is 0 Å². The third kappa shape index (κ3) is 5.02. The molecule has 2 unspecified atom stereocenters. The van der Waals surface area contributed by atoms with Crippen molar-refractivity contribution in [3.63, 3.8) is 0 Å². The van der Waals surface area contributed by atoms with Crippen LogP contribution in [0.2, 0.25) is 0 Å². The van der Waals surface area contributed by atoms with Gasteiger partial charge in [0.15, 0.2) is 5.16 Å². The maximum absolute atomic E-state index is 9.38. The molecule has 0 bridgehead atoms. The molecule has 3 N–H and O–H groups in total. The van der Waals surface area contributed by atoms with Gasteiger partial charge < -0.3 is 10.8 Å². The van der Waals surface area contributed by atoms with Crippen LogP contribution in [0.5, 0.6) is 0 Å². The molecule has 0 saturated heterocycles. The number of hydrogen-bond acceptors (Lipinski definition) is 5. The van der Waals surface area contributed by atoms with Gasteiger partial charge in [-0.3, -0.25) is 0 Å². The smallest absolute Gasteiger partial charge is 0.188 e. The van der Waals surface area contributed by atoms with E-state index in [1.807, 2.05) is 13.0 Å². The number of aliphatic hydroxyl groups excluding tert-OH is 1. The van der Waals surface area contributed by atoms with Crippen molar-refractivity contribution in [2.45, 2.75) is 43.6 Å².